The lowest BCUT2D eigenvalue weighted by Gasteiger charge is -1.96. The summed E-state index contributed by atoms with van der Waals surface area (Å²) >= 11 is 3.65. The molecule has 0 aliphatic rings. The summed E-state index contributed by atoms with van der Waals surface area (Å²) < 4.78 is 0. The van der Waals surface area contributed by atoms with Crippen LogP contribution in [0.25, 0.3) is 0 Å². The summed E-state index contributed by atoms with van der Waals surface area (Å²) in [5.74, 6) is -1.69. The van der Waals surface area contributed by atoms with Gasteiger partial charge in [-0.05, 0) is 12.1 Å². The van der Waals surface area contributed by atoms with Crippen LogP contribution in [-0.2, 0) is 4.79 Å². The molecule has 7 heteroatoms. The number of rotatable bonds is 3. The van der Waals surface area contributed by atoms with Crippen LogP contribution in [0, 0.1) is 0 Å². The molecule has 0 aliphatic heterocycles. The van der Waals surface area contributed by atoms with Gasteiger partial charge in [-0.25, -0.2) is 4.79 Å². The Balaban J connectivity index is 0. The Morgan fingerprint density at radius 3 is 1.83 bits per heavy atom. The van der Waals surface area contributed by atoms with Gasteiger partial charge < -0.3 is 21.1 Å². The molecule has 1 atom stereocenters. The highest BCUT2D eigenvalue weighted by atomic mass is 32.1. The van der Waals surface area contributed by atoms with E-state index in [2.05, 4.69) is 12.6 Å². The van der Waals surface area contributed by atoms with Gasteiger partial charge in [-0.2, -0.15) is 12.6 Å². The smallest absolute Gasteiger partial charge is 0.335 e. The van der Waals surface area contributed by atoms with Crippen molar-refractivity contribution in [3.05, 3.63) is 35.9 Å². The molecule has 0 radical (unpaired) electrons. The number of carboxylic acids is 2. The lowest BCUT2D eigenvalue weighted by atomic mass is 10.2. The minimum atomic E-state index is -1.00. The first kappa shape index (κ1) is 18.8. The van der Waals surface area contributed by atoms with E-state index in [0.717, 1.165) is 7.11 Å². The second kappa shape index (κ2) is 11.9. The van der Waals surface area contributed by atoms with Gasteiger partial charge in [0, 0.05) is 12.9 Å². The number of benzene rings is 1. The number of hydrogen-bond donors (Lipinski definition) is 5. The summed E-state index contributed by atoms with van der Waals surface area (Å²) in [6.45, 7) is 0. The molecule has 0 heterocycles. The molecule has 0 aromatic heterocycles. The molecule has 0 amide bonds. The maximum atomic E-state index is 10.2. The minimum absolute atomic E-state index is 0.190. The van der Waals surface area contributed by atoms with Gasteiger partial charge in [0.05, 0.1) is 5.56 Å². The van der Waals surface area contributed by atoms with Gasteiger partial charge in [0.2, 0.25) is 0 Å². The number of aliphatic carboxylic acids is 1. The fourth-order valence-electron chi connectivity index (χ4n) is 0.659. The van der Waals surface area contributed by atoms with Crippen LogP contribution in [0.1, 0.15) is 10.4 Å². The standard InChI is InChI=1S/C7H6O2.C3H7NO2S.CH4O/c8-7(9)6-4-2-1-3-5-6;4-2(1-7)3(5)6;1-2/h1-5H,(H,8,9);2,7H,1,4H2,(H,5,6);2H,1H3. The summed E-state index contributed by atoms with van der Waals surface area (Å²) in [5.41, 5.74) is 5.27. The maximum absolute atomic E-state index is 10.2. The van der Waals surface area contributed by atoms with E-state index >= 15 is 0 Å². The number of carboxylic acid groups (broad SMARTS) is 2. The summed E-state index contributed by atoms with van der Waals surface area (Å²) in [4.78, 5) is 20.0. The molecule has 102 valence electrons. The number of aliphatic hydroxyl groups is 1. The van der Waals surface area contributed by atoms with E-state index in [0.29, 0.717) is 5.56 Å². The lowest BCUT2D eigenvalue weighted by molar-refractivity contribution is -0.137. The van der Waals surface area contributed by atoms with Gasteiger partial charge in [0.25, 0.3) is 0 Å². The zero-order chi connectivity index (χ0) is 14.6. The third-order valence-corrected chi connectivity index (χ3v) is 1.93. The molecule has 5 N–H and O–H groups in total. The van der Waals surface area contributed by atoms with Crippen LogP contribution in [0.3, 0.4) is 0 Å². The minimum Gasteiger partial charge on any atom is -0.480 e. The second-order valence-electron chi connectivity index (χ2n) is 2.80. The van der Waals surface area contributed by atoms with E-state index < -0.39 is 18.0 Å². The Kier molecular flexibility index (Phi) is 12.4. The second-order valence-corrected chi connectivity index (χ2v) is 3.16. The van der Waals surface area contributed by atoms with Crippen molar-refractivity contribution in [1.82, 2.24) is 0 Å². The van der Waals surface area contributed by atoms with E-state index in [-0.39, 0.29) is 5.75 Å². The van der Waals surface area contributed by atoms with E-state index in [9.17, 15) is 9.59 Å². The molecule has 0 spiro atoms. The van der Waals surface area contributed by atoms with Crippen LogP contribution < -0.4 is 5.73 Å². The lowest BCUT2D eigenvalue weighted by Crippen LogP contribution is -2.31. The average Bonchev–Trinajstić information content (AvgIpc) is 2.41. The predicted octanol–water partition coefficient (Wildman–Crippen LogP) is 0.321. The highest BCUT2D eigenvalue weighted by Gasteiger charge is 2.06. The molecule has 1 rings (SSSR count). The summed E-state index contributed by atoms with van der Waals surface area (Å²) in [6, 6.07) is 7.48. The SMILES string of the molecule is CO.NC(CS)C(=O)O.O=C(O)c1ccccc1. The summed E-state index contributed by atoms with van der Waals surface area (Å²) in [6.07, 6.45) is 0. The Labute approximate surface area is 110 Å². The van der Waals surface area contributed by atoms with E-state index in [1.54, 1.807) is 30.3 Å². The highest BCUT2D eigenvalue weighted by Crippen LogP contribution is 1.96. The molecule has 1 aromatic carbocycles. The van der Waals surface area contributed by atoms with Gasteiger partial charge in [0.15, 0.2) is 0 Å². The number of nitrogens with two attached hydrogens (primary N) is 1. The van der Waals surface area contributed by atoms with E-state index in [4.69, 9.17) is 21.1 Å². The number of carbonyl (C=O) groups is 2. The van der Waals surface area contributed by atoms with Crippen LogP contribution in [-0.4, -0.2) is 46.2 Å². The number of hydrogen-bond acceptors (Lipinski definition) is 5. The van der Waals surface area contributed by atoms with Crippen molar-refractivity contribution in [3.8, 4) is 0 Å². The monoisotopic (exact) mass is 275 g/mol. The fraction of sp³-hybridized carbons (Fsp3) is 0.273. The molecule has 0 aliphatic carbocycles. The number of thiol groups is 1. The van der Waals surface area contributed by atoms with E-state index in [1.165, 1.54) is 0 Å². The Morgan fingerprint density at radius 2 is 1.67 bits per heavy atom. The van der Waals surface area contributed by atoms with Crippen molar-refractivity contribution in [2.45, 2.75) is 6.04 Å². The zero-order valence-corrected chi connectivity index (χ0v) is 10.7. The van der Waals surface area contributed by atoms with Crippen molar-refractivity contribution in [2.75, 3.05) is 12.9 Å². The molecule has 0 fully saturated rings. The summed E-state index contributed by atoms with van der Waals surface area (Å²) in [7, 11) is 1.00. The topological polar surface area (TPSA) is 121 Å². The average molecular weight is 275 g/mol. The van der Waals surface area contributed by atoms with Crippen LogP contribution in [0.4, 0.5) is 0 Å². The largest absolute Gasteiger partial charge is 0.480 e. The fourth-order valence-corrected chi connectivity index (χ4v) is 0.815. The number of aromatic carboxylic acids is 1. The van der Waals surface area contributed by atoms with Crippen molar-refractivity contribution in [3.63, 3.8) is 0 Å². The first-order valence-corrected chi connectivity index (χ1v) is 5.44. The maximum Gasteiger partial charge on any atom is 0.335 e. The molecule has 6 nitrogen and oxygen atoms in total. The molecular weight excluding hydrogens is 258 g/mol. The van der Waals surface area contributed by atoms with Crippen LogP contribution in [0.5, 0.6) is 0 Å². The Morgan fingerprint density at radius 1 is 1.22 bits per heavy atom. The molecule has 0 bridgehead atoms. The predicted molar refractivity (Wildman–Crippen MR) is 71.0 cm³/mol. The van der Waals surface area contributed by atoms with Crippen molar-refractivity contribution in [2.24, 2.45) is 5.73 Å². The van der Waals surface area contributed by atoms with Crippen LogP contribution in [0.15, 0.2) is 30.3 Å². The van der Waals surface area contributed by atoms with E-state index in [1.807, 2.05) is 0 Å². The molecule has 1 unspecified atom stereocenters. The van der Waals surface area contributed by atoms with Crippen molar-refractivity contribution in [1.29, 1.82) is 0 Å². The van der Waals surface area contributed by atoms with Gasteiger partial charge in [-0.1, -0.05) is 18.2 Å². The third kappa shape index (κ3) is 9.64. The first-order valence-electron chi connectivity index (χ1n) is 4.81. The molecule has 18 heavy (non-hydrogen) atoms. The van der Waals surface area contributed by atoms with Crippen molar-refractivity contribution < 1.29 is 24.9 Å². The normalized spacial score (nSPS) is 10.0. The van der Waals surface area contributed by atoms with Gasteiger partial charge in [0.1, 0.15) is 6.04 Å². The Bertz CT molecular complexity index is 345. The van der Waals surface area contributed by atoms with Crippen molar-refractivity contribution >= 4 is 24.6 Å². The van der Waals surface area contributed by atoms with Gasteiger partial charge in [-0.15, -0.1) is 0 Å². The summed E-state index contributed by atoms with van der Waals surface area (Å²) in [5, 5.41) is 23.4. The molecule has 1 aromatic rings. The van der Waals surface area contributed by atoms with Crippen LogP contribution >= 0.6 is 12.6 Å². The van der Waals surface area contributed by atoms with Crippen LogP contribution in [0.2, 0.25) is 0 Å². The highest BCUT2D eigenvalue weighted by molar-refractivity contribution is 7.80. The van der Waals surface area contributed by atoms with Gasteiger partial charge >= 0.3 is 11.9 Å². The quantitative estimate of drug-likeness (QED) is 0.507. The Hall–Kier alpha value is -1.57. The molecule has 0 saturated carbocycles. The number of aliphatic hydroxyl groups excluding tert-OH is 1. The van der Waals surface area contributed by atoms with Gasteiger partial charge in [-0.3, -0.25) is 4.79 Å². The first-order chi connectivity index (χ1) is 8.49. The molecular formula is C11H17NO5S. The third-order valence-electron chi connectivity index (χ3n) is 1.53. The molecule has 0 saturated heterocycles. The zero-order valence-electron chi connectivity index (χ0n) is 9.85.